The molecule has 1 aromatic heterocycles. The Labute approximate surface area is 112 Å². The molecule has 1 aromatic carbocycles. The zero-order chi connectivity index (χ0) is 13.6. The number of rotatable bonds is 2. The first-order chi connectivity index (χ1) is 8.93. The molecule has 6 heteroatoms. The van der Waals surface area contributed by atoms with Gasteiger partial charge in [0.25, 0.3) is 0 Å². The van der Waals surface area contributed by atoms with Crippen LogP contribution < -0.4 is 0 Å². The van der Waals surface area contributed by atoms with E-state index < -0.39 is 10.0 Å². The second-order valence-corrected chi connectivity index (χ2v) is 7.23. The minimum absolute atomic E-state index is 0.169. The Morgan fingerprint density at radius 1 is 1.42 bits per heavy atom. The van der Waals surface area contributed by atoms with Gasteiger partial charge in [0, 0.05) is 19.0 Å². The van der Waals surface area contributed by atoms with Crippen LogP contribution in [0.25, 0.3) is 11.0 Å². The molecule has 1 atom stereocenters. The molecule has 0 radical (unpaired) electrons. The largest absolute Gasteiger partial charge is 0.342 e. The van der Waals surface area contributed by atoms with Crippen LogP contribution in [0, 0.1) is 6.92 Å². The molecule has 19 heavy (non-hydrogen) atoms. The summed E-state index contributed by atoms with van der Waals surface area (Å²) in [4.78, 5) is 7.89. The van der Waals surface area contributed by atoms with Crippen molar-refractivity contribution in [1.29, 1.82) is 0 Å². The van der Waals surface area contributed by atoms with Crippen molar-refractivity contribution >= 4 is 21.1 Å². The first-order valence-corrected chi connectivity index (χ1v) is 8.20. The number of sulfonamides is 1. The van der Waals surface area contributed by atoms with Gasteiger partial charge in [0.1, 0.15) is 5.82 Å². The predicted molar refractivity (Wildman–Crippen MR) is 74.6 cm³/mol. The van der Waals surface area contributed by atoms with Crippen LogP contribution in [0.3, 0.4) is 0 Å². The van der Waals surface area contributed by atoms with Gasteiger partial charge in [-0.3, -0.25) is 0 Å². The lowest BCUT2D eigenvalue weighted by atomic mass is 10.1. The van der Waals surface area contributed by atoms with E-state index >= 15 is 0 Å². The number of aryl methyl sites for hydroxylation is 1. The molecule has 2 heterocycles. The summed E-state index contributed by atoms with van der Waals surface area (Å²) in [6.07, 6.45) is 2.09. The third-order valence-electron chi connectivity index (χ3n) is 3.66. The number of imidazole rings is 1. The summed E-state index contributed by atoms with van der Waals surface area (Å²) in [7, 11) is -3.09. The molecular weight excluding hydrogens is 262 g/mol. The smallest absolute Gasteiger partial charge is 0.211 e. The van der Waals surface area contributed by atoms with Crippen molar-refractivity contribution < 1.29 is 8.42 Å². The van der Waals surface area contributed by atoms with Crippen molar-refractivity contribution in [3.63, 3.8) is 0 Å². The number of nitrogens with one attached hydrogen (secondary N) is 1. The van der Waals surface area contributed by atoms with Gasteiger partial charge in [-0.2, -0.15) is 0 Å². The van der Waals surface area contributed by atoms with Crippen LogP contribution in [0.4, 0.5) is 0 Å². The lowest BCUT2D eigenvalue weighted by Crippen LogP contribution is -2.27. The Kier molecular flexibility index (Phi) is 2.87. The number of hydrogen-bond acceptors (Lipinski definition) is 3. The molecule has 0 amide bonds. The molecule has 0 saturated carbocycles. The van der Waals surface area contributed by atoms with Gasteiger partial charge in [0.15, 0.2) is 0 Å². The van der Waals surface area contributed by atoms with E-state index in [1.54, 1.807) is 0 Å². The van der Waals surface area contributed by atoms with Crippen LogP contribution in [-0.4, -0.2) is 42.0 Å². The van der Waals surface area contributed by atoms with Gasteiger partial charge in [-0.05, 0) is 31.0 Å². The number of hydrogen-bond donors (Lipinski definition) is 1. The highest BCUT2D eigenvalue weighted by atomic mass is 32.2. The molecule has 1 fully saturated rings. The molecular formula is C13H17N3O2S. The van der Waals surface area contributed by atoms with Crippen LogP contribution in [0.1, 0.15) is 23.7 Å². The highest BCUT2D eigenvalue weighted by Gasteiger charge is 2.31. The summed E-state index contributed by atoms with van der Waals surface area (Å²) in [5.74, 6) is 1.06. The highest BCUT2D eigenvalue weighted by Crippen LogP contribution is 2.28. The maximum Gasteiger partial charge on any atom is 0.211 e. The van der Waals surface area contributed by atoms with Crippen molar-refractivity contribution in [2.45, 2.75) is 19.3 Å². The van der Waals surface area contributed by atoms with Crippen molar-refractivity contribution in [3.05, 3.63) is 29.6 Å². The van der Waals surface area contributed by atoms with Gasteiger partial charge in [-0.15, -0.1) is 0 Å². The van der Waals surface area contributed by atoms with Crippen LogP contribution in [-0.2, 0) is 10.0 Å². The van der Waals surface area contributed by atoms with Gasteiger partial charge in [0.05, 0.1) is 17.3 Å². The molecule has 0 spiro atoms. The van der Waals surface area contributed by atoms with E-state index in [0.717, 1.165) is 23.3 Å². The summed E-state index contributed by atoms with van der Waals surface area (Å²) < 4.78 is 24.6. The normalized spacial score (nSPS) is 21.3. The highest BCUT2D eigenvalue weighted by molar-refractivity contribution is 7.88. The lowest BCUT2D eigenvalue weighted by Gasteiger charge is -2.11. The zero-order valence-corrected chi connectivity index (χ0v) is 11.9. The van der Waals surface area contributed by atoms with Crippen molar-refractivity contribution in [2.24, 2.45) is 0 Å². The summed E-state index contributed by atoms with van der Waals surface area (Å²) in [6, 6.07) is 6.09. The van der Waals surface area contributed by atoms with Crippen LogP contribution in [0.5, 0.6) is 0 Å². The number of H-pyrrole nitrogens is 1. The molecule has 5 nitrogen and oxygen atoms in total. The van der Waals surface area contributed by atoms with Crippen LogP contribution in [0.2, 0.25) is 0 Å². The molecule has 1 aliphatic rings. The minimum atomic E-state index is -3.09. The first kappa shape index (κ1) is 12.6. The summed E-state index contributed by atoms with van der Waals surface area (Å²) in [5.41, 5.74) is 3.15. The zero-order valence-electron chi connectivity index (χ0n) is 11.0. The molecule has 102 valence electrons. The number of fused-ring (bicyclic) bond motifs is 1. The quantitative estimate of drug-likeness (QED) is 0.908. The average Bonchev–Trinajstić information content (AvgIpc) is 2.92. The fraction of sp³-hybridized carbons (Fsp3) is 0.462. The molecule has 1 aliphatic heterocycles. The number of aromatic nitrogens is 2. The Morgan fingerprint density at radius 3 is 2.89 bits per heavy atom. The third kappa shape index (κ3) is 2.37. The van der Waals surface area contributed by atoms with Gasteiger partial charge in [-0.1, -0.05) is 6.07 Å². The Bertz CT molecular complexity index is 721. The molecule has 2 aromatic rings. The van der Waals surface area contributed by atoms with E-state index in [2.05, 4.69) is 16.0 Å². The van der Waals surface area contributed by atoms with Gasteiger partial charge in [-0.25, -0.2) is 17.7 Å². The molecule has 0 aliphatic carbocycles. The summed E-state index contributed by atoms with van der Waals surface area (Å²) in [5, 5.41) is 0. The Hall–Kier alpha value is -1.40. The van der Waals surface area contributed by atoms with Gasteiger partial charge >= 0.3 is 0 Å². The fourth-order valence-corrected chi connectivity index (χ4v) is 3.48. The summed E-state index contributed by atoms with van der Waals surface area (Å²) >= 11 is 0. The van der Waals surface area contributed by atoms with Crippen molar-refractivity contribution in [3.8, 4) is 0 Å². The maximum atomic E-state index is 11.5. The van der Waals surface area contributed by atoms with Gasteiger partial charge < -0.3 is 4.98 Å². The number of aromatic amines is 1. The first-order valence-electron chi connectivity index (χ1n) is 6.35. The van der Waals surface area contributed by atoms with E-state index in [1.807, 2.05) is 19.1 Å². The van der Waals surface area contributed by atoms with Crippen LogP contribution >= 0.6 is 0 Å². The van der Waals surface area contributed by atoms with E-state index in [4.69, 9.17) is 0 Å². The Morgan fingerprint density at radius 2 is 2.21 bits per heavy atom. The van der Waals surface area contributed by atoms with Crippen molar-refractivity contribution in [2.75, 3.05) is 19.3 Å². The number of nitrogens with zero attached hydrogens (tertiary/aromatic N) is 2. The summed E-state index contributed by atoms with van der Waals surface area (Å²) in [6.45, 7) is 3.15. The van der Waals surface area contributed by atoms with E-state index in [9.17, 15) is 8.42 Å². The lowest BCUT2D eigenvalue weighted by molar-refractivity contribution is 0.477. The number of benzene rings is 1. The third-order valence-corrected chi connectivity index (χ3v) is 4.93. The standard InChI is InChI=1S/C13H17N3O2S/c1-9-3-4-11-12(7-9)15-13(14-11)10-5-6-16(8-10)19(2,17)18/h3-4,7,10H,5-6,8H2,1-2H3,(H,14,15). The van der Waals surface area contributed by atoms with Gasteiger partial charge in [0.2, 0.25) is 10.0 Å². The topological polar surface area (TPSA) is 66.1 Å². The molecule has 3 rings (SSSR count). The maximum absolute atomic E-state index is 11.5. The monoisotopic (exact) mass is 279 g/mol. The minimum Gasteiger partial charge on any atom is -0.342 e. The van der Waals surface area contributed by atoms with Crippen LogP contribution in [0.15, 0.2) is 18.2 Å². The van der Waals surface area contributed by atoms with E-state index in [0.29, 0.717) is 13.1 Å². The predicted octanol–water partition coefficient (Wildman–Crippen LogP) is 1.62. The molecule has 1 N–H and O–H groups in total. The van der Waals surface area contributed by atoms with E-state index in [1.165, 1.54) is 16.1 Å². The molecule has 0 bridgehead atoms. The second-order valence-electron chi connectivity index (χ2n) is 5.25. The SMILES string of the molecule is Cc1ccc2nc(C3CCN(S(C)(=O)=O)C3)[nH]c2c1. The second kappa shape index (κ2) is 4.31. The fourth-order valence-electron chi connectivity index (χ4n) is 2.59. The van der Waals surface area contributed by atoms with E-state index in [-0.39, 0.29) is 5.92 Å². The van der Waals surface area contributed by atoms with Crippen molar-refractivity contribution in [1.82, 2.24) is 14.3 Å². The molecule has 1 saturated heterocycles. The Balaban J connectivity index is 1.90. The average molecular weight is 279 g/mol. The molecule has 1 unspecified atom stereocenters.